The Morgan fingerprint density at radius 3 is 2.92 bits per heavy atom. The normalized spacial score (nSPS) is 10.6. The van der Waals surface area contributed by atoms with Gasteiger partial charge in [0, 0.05) is 10.9 Å². The van der Waals surface area contributed by atoms with Crippen LogP contribution in [0.3, 0.4) is 0 Å². The molecule has 0 aliphatic carbocycles. The fraction of sp³-hybridized carbons (Fsp3) is 0.200. The van der Waals surface area contributed by atoms with Gasteiger partial charge >= 0.3 is 0 Å². The van der Waals surface area contributed by atoms with Crippen LogP contribution in [-0.4, -0.2) is 10.2 Å². The Kier molecular flexibility index (Phi) is 1.88. The summed E-state index contributed by atoms with van der Waals surface area (Å²) in [7, 11) is 0. The first-order valence-corrected chi connectivity index (χ1v) is 4.83. The van der Waals surface area contributed by atoms with Gasteiger partial charge in [-0.2, -0.15) is 4.37 Å². The summed E-state index contributed by atoms with van der Waals surface area (Å²) in [6.45, 7) is 3.55. The van der Waals surface area contributed by atoms with Crippen LogP contribution in [0.5, 0.6) is 0 Å². The summed E-state index contributed by atoms with van der Waals surface area (Å²) < 4.78 is 5.24. The molecule has 1 heterocycles. The zero-order chi connectivity index (χ0) is 9.42. The van der Waals surface area contributed by atoms with Gasteiger partial charge in [-0.05, 0) is 31.4 Å². The van der Waals surface area contributed by atoms with Crippen molar-refractivity contribution in [2.24, 2.45) is 0 Å². The molecule has 0 saturated heterocycles. The molecule has 0 unspecified atom stereocenters. The third kappa shape index (κ3) is 1.25. The molecule has 0 saturated carbocycles. The monoisotopic (exact) mass is 191 g/mol. The molecule has 0 fully saturated rings. The molecule has 0 N–H and O–H groups in total. The van der Waals surface area contributed by atoms with E-state index in [1.165, 1.54) is 11.5 Å². The van der Waals surface area contributed by atoms with Crippen molar-refractivity contribution in [2.45, 2.75) is 13.8 Å². The zero-order valence-electron chi connectivity index (χ0n) is 7.50. The number of aryl methyl sites for hydroxylation is 1. The molecule has 0 aliphatic rings. The van der Waals surface area contributed by atoms with Gasteiger partial charge < -0.3 is 0 Å². The molecule has 13 heavy (non-hydrogen) atoms. The maximum atomic E-state index is 11.2. The van der Waals surface area contributed by atoms with Gasteiger partial charge in [0.15, 0.2) is 5.78 Å². The van der Waals surface area contributed by atoms with Gasteiger partial charge in [0.25, 0.3) is 0 Å². The van der Waals surface area contributed by atoms with Gasteiger partial charge in [-0.25, -0.2) is 0 Å². The predicted octanol–water partition coefficient (Wildman–Crippen LogP) is 2.81. The van der Waals surface area contributed by atoms with E-state index in [1.54, 1.807) is 6.92 Å². The molecule has 0 amide bonds. The third-order valence-electron chi connectivity index (χ3n) is 2.06. The summed E-state index contributed by atoms with van der Waals surface area (Å²) in [4.78, 5) is 11.2. The van der Waals surface area contributed by atoms with Gasteiger partial charge in [0.05, 0.1) is 10.4 Å². The van der Waals surface area contributed by atoms with Crippen LogP contribution < -0.4 is 0 Å². The van der Waals surface area contributed by atoms with Gasteiger partial charge in [0.2, 0.25) is 0 Å². The van der Waals surface area contributed by atoms with Gasteiger partial charge in [-0.15, -0.1) is 0 Å². The average molecular weight is 191 g/mol. The molecule has 66 valence electrons. The van der Waals surface area contributed by atoms with E-state index in [4.69, 9.17) is 0 Å². The van der Waals surface area contributed by atoms with E-state index in [1.807, 2.05) is 25.1 Å². The first-order valence-electron chi connectivity index (χ1n) is 4.06. The fourth-order valence-corrected chi connectivity index (χ4v) is 2.31. The Morgan fingerprint density at radius 2 is 2.23 bits per heavy atom. The maximum Gasteiger partial charge on any atom is 0.161 e. The van der Waals surface area contributed by atoms with Crippen LogP contribution >= 0.6 is 11.5 Å². The topological polar surface area (TPSA) is 30.0 Å². The number of benzene rings is 1. The van der Waals surface area contributed by atoms with Crippen molar-refractivity contribution >= 4 is 27.4 Å². The SMILES string of the molecule is CC(=O)c1cccc2c(C)nsc12. The summed E-state index contributed by atoms with van der Waals surface area (Å²) in [6, 6.07) is 5.75. The first kappa shape index (κ1) is 8.38. The second-order valence-electron chi connectivity index (χ2n) is 3.01. The minimum absolute atomic E-state index is 0.106. The zero-order valence-corrected chi connectivity index (χ0v) is 8.31. The number of carbonyl (C=O) groups excluding carboxylic acids is 1. The summed E-state index contributed by atoms with van der Waals surface area (Å²) in [6.07, 6.45) is 0. The van der Waals surface area contributed by atoms with Crippen molar-refractivity contribution in [1.82, 2.24) is 4.37 Å². The van der Waals surface area contributed by atoms with Gasteiger partial charge in [-0.3, -0.25) is 4.79 Å². The van der Waals surface area contributed by atoms with Gasteiger partial charge in [-0.1, -0.05) is 12.1 Å². The number of aromatic nitrogens is 1. The highest BCUT2D eigenvalue weighted by Gasteiger charge is 2.08. The quantitative estimate of drug-likeness (QED) is 0.649. The minimum atomic E-state index is 0.106. The van der Waals surface area contributed by atoms with E-state index >= 15 is 0 Å². The van der Waals surface area contributed by atoms with Crippen molar-refractivity contribution in [1.29, 1.82) is 0 Å². The average Bonchev–Trinajstić information content (AvgIpc) is 2.48. The smallest absolute Gasteiger partial charge is 0.161 e. The van der Waals surface area contributed by atoms with Crippen LogP contribution in [0.4, 0.5) is 0 Å². The molecule has 3 heteroatoms. The number of hydrogen-bond donors (Lipinski definition) is 0. The lowest BCUT2D eigenvalue weighted by atomic mass is 10.1. The fourth-order valence-electron chi connectivity index (χ4n) is 1.36. The second-order valence-corrected chi connectivity index (χ2v) is 3.78. The van der Waals surface area contributed by atoms with Crippen LogP contribution in [0.25, 0.3) is 10.1 Å². The largest absolute Gasteiger partial charge is 0.294 e. The second kappa shape index (κ2) is 2.92. The number of Topliss-reactive ketones (excluding diaryl/α,β-unsaturated/α-hetero) is 1. The molecule has 2 aromatic rings. The molecule has 0 atom stereocenters. The maximum absolute atomic E-state index is 11.2. The molecular formula is C10H9NOS. The Balaban J connectivity index is 2.84. The van der Waals surface area contributed by atoms with Crippen molar-refractivity contribution in [2.75, 3.05) is 0 Å². The van der Waals surface area contributed by atoms with E-state index < -0.39 is 0 Å². The van der Waals surface area contributed by atoms with Crippen LogP contribution in [0.2, 0.25) is 0 Å². The number of hydrogen-bond acceptors (Lipinski definition) is 3. The lowest BCUT2D eigenvalue weighted by Gasteiger charge is -1.95. The molecular weight excluding hydrogens is 182 g/mol. The lowest BCUT2D eigenvalue weighted by molar-refractivity contribution is 0.101. The highest BCUT2D eigenvalue weighted by Crippen LogP contribution is 2.25. The lowest BCUT2D eigenvalue weighted by Crippen LogP contribution is -1.90. The van der Waals surface area contributed by atoms with Crippen LogP contribution in [0, 0.1) is 6.92 Å². The number of fused-ring (bicyclic) bond motifs is 1. The van der Waals surface area contributed by atoms with E-state index in [2.05, 4.69) is 4.37 Å². The molecule has 2 rings (SSSR count). The van der Waals surface area contributed by atoms with Crippen molar-refractivity contribution in [3.63, 3.8) is 0 Å². The number of ketones is 1. The summed E-state index contributed by atoms with van der Waals surface area (Å²) in [5, 5.41) is 1.10. The summed E-state index contributed by atoms with van der Waals surface area (Å²) >= 11 is 1.40. The third-order valence-corrected chi connectivity index (χ3v) is 3.05. The highest BCUT2D eigenvalue weighted by atomic mass is 32.1. The first-order chi connectivity index (χ1) is 6.20. The number of nitrogens with zero attached hydrogens (tertiary/aromatic N) is 1. The Labute approximate surface area is 80.4 Å². The Morgan fingerprint density at radius 1 is 1.46 bits per heavy atom. The Hall–Kier alpha value is -1.22. The molecule has 0 spiro atoms. The van der Waals surface area contributed by atoms with Crippen molar-refractivity contribution < 1.29 is 4.79 Å². The predicted molar refractivity (Wildman–Crippen MR) is 54.4 cm³/mol. The standard InChI is InChI=1S/C10H9NOS/c1-6-8-4-3-5-9(7(2)12)10(8)13-11-6/h3-5H,1-2H3. The molecule has 2 nitrogen and oxygen atoms in total. The highest BCUT2D eigenvalue weighted by molar-refractivity contribution is 7.13. The minimum Gasteiger partial charge on any atom is -0.294 e. The molecule has 1 aromatic carbocycles. The van der Waals surface area contributed by atoms with Crippen LogP contribution in [0.1, 0.15) is 23.0 Å². The van der Waals surface area contributed by atoms with Crippen LogP contribution in [-0.2, 0) is 0 Å². The van der Waals surface area contributed by atoms with E-state index in [0.29, 0.717) is 0 Å². The molecule has 0 radical (unpaired) electrons. The molecule has 0 aliphatic heterocycles. The van der Waals surface area contributed by atoms with E-state index in [-0.39, 0.29) is 5.78 Å². The van der Waals surface area contributed by atoms with Crippen molar-refractivity contribution in [3.8, 4) is 0 Å². The van der Waals surface area contributed by atoms with Gasteiger partial charge in [0.1, 0.15) is 0 Å². The van der Waals surface area contributed by atoms with Crippen molar-refractivity contribution in [3.05, 3.63) is 29.5 Å². The number of rotatable bonds is 1. The number of carbonyl (C=O) groups is 1. The Bertz CT molecular complexity index is 473. The van der Waals surface area contributed by atoms with E-state index in [9.17, 15) is 4.79 Å². The van der Waals surface area contributed by atoms with Crippen LogP contribution in [0.15, 0.2) is 18.2 Å². The molecule has 0 bridgehead atoms. The summed E-state index contributed by atoms with van der Waals surface area (Å²) in [5.41, 5.74) is 1.78. The van der Waals surface area contributed by atoms with E-state index in [0.717, 1.165) is 21.3 Å². The summed E-state index contributed by atoms with van der Waals surface area (Å²) in [5.74, 6) is 0.106. The molecule has 1 aromatic heterocycles.